The summed E-state index contributed by atoms with van der Waals surface area (Å²) in [6, 6.07) is 0.695. The van der Waals surface area contributed by atoms with Gasteiger partial charge in [0.1, 0.15) is 0 Å². The summed E-state index contributed by atoms with van der Waals surface area (Å²) in [6.45, 7) is 6.70. The van der Waals surface area contributed by atoms with Gasteiger partial charge < -0.3 is 9.84 Å². The maximum atomic E-state index is 9.10. The summed E-state index contributed by atoms with van der Waals surface area (Å²) in [5.74, 6) is 1.17. The van der Waals surface area contributed by atoms with Crippen molar-refractivity contribution < 1.29 is 9.84 Å². The molecule has 82 valence electrons. The Hall–Kier alpha value is -0.120. The number of ether oxygens (including phenoxy) is 1. The fourth-order valence-corrected chi connectivity index (χ4v) is 2.72. The third-order valence-electron chi connectivity index (χ3n) is 3.64. The molecule has 14 heavy (non-hydrogen) atoms. The number of nitrogens with zero attached hydrogens (tertiary/aromatic N) is 1. The minimum atomic E-state index is 0.355. The van der Waals surface area contributed by atoms with Crippen molar-refractivity contribution in [1.29, 1.82) is 0 Å². The molecule has 0 aromatic rings. The van der Waals surface area contributed by atoms with E-state index >= 15 is 0 Å². The van der Waals surface area contributed by atoms with Gasteiger partial charge in [0.25, 0.3) is 0 Å². The van der Waals surface area contributed by atoms with Crippen LogP contribution in [0, 0.1) is 11.8 Å². The lowest BCUT2D eigenvalue weighted by Gasteiger charge is -2.36. The first-order valence-corrected chi connectivity index (χ1v) is 5.74. The Morgan fingerprint density at radius 2 is 2.29 bits per heavy atom. The summed E-state index contributed by atoms with van der Waals surface area (Å²) in [6.07, 6.45) is 2.33. The summed E-state index contributed by atoms with van der Waals surface area (Å²) < 4.78 is 5.45. The Labute approximate surface area is 86.0 Å². The molecular weight excluding hydrogens is 178 g/mol. The van der Waals surface area contributed by atoms with Gasteiger partial charge in [0.05, 0.1) is 6.61 Å². The molecule has 0 aromatic heterocycles. The van der Waals surface area contributed by atoms with Crippen LogP contribution < -0.4 is 0 Å². The van der Waals surface area contributed by atoms with Gasteiger partial charge in [-0.1, -0.05) is 6.92 Å². The molecule has 2 heterocycles. The summed E-state index contributed by atoms with van der Waals surface area (Å²) in [7, 11) is 0. The molecule has 0 aliphatic carbocycles. The van der Waals surface area contributed by atoms with E-state index in [2.05, 4.69) is 11.8 Å². The zero-order valence-electron chi connectivity index (χ0n) is 8.98. The van der Waals surface area contributed by atoms with Crippen LogP contribution in [0.3, 0.4) is 0 Å². The molecule has 0 bridgehead atoms. The molecule has 0 radical (unpaired) electrons. The first-order chi connectivity index (χ1) is 6.81. The number of hydrogen-bond donors (Lipinski definition) is 1. The van der Waals surface area contributed by atoms with Crippen molar-refractivity contribution in [2.45, 2.75) is 25.8 Å². The zero-order chi connectivity index (χ0) is 9.97. The van der Waals surface area contributed by atoms with Crippen LogP contribution in [0.1, 0.15) is 19.8 Å². The second kappa shape index (κ2) is 4.60. The molecule has 2 rings (SSSR count). The van der Waals surface area contributed by atoms with Crippen molar-refractivity contribution in [1.82, 2.24) is 4.90 Å². The normalized spacial score (nSPS) is 40.3. The van der Waals surface area contributed by atoms with E-state index in [4.69, 9.17) is 9.84 Å². The van der Waals surface area contributed by atoms with Gasteiger partial charge in [0, 0.05) is 25.8 Å². The SMILES string of the molecule is CC1COCCC1N1CCC(CO)C1. The van der Waals surface area contributed by atoms with E-state index in [0.717, 1.165) is 19.8 Å². The first-order valence-electron chi connectivity index (χ1n) is 5.74. The number of aliphatic hydroxyl groups excluding tert-OH is 1. The van der Waals surface area contributed by atoms with Crippen LogP contribution in [0.5, 0.6) is 0 Å². The van der Waals surface area contributed by atoms with Gasteiger partial charge in [-0.3, -0.25) is 4.90 Å². The molecule has 2 saturated heterocycles. The topological polar surface area (TPSA) is 32.7 Å². The van der Waals surface area contributed by atoms with Crippen molar-refractivity contribution in [2.75, 3.05) is 32.9 Å². The molecule has 0 spiro atoms. The van der Waals surface area contributed by atoms with Crippen molar-refractivity contribution >= 4 is 0 Å². The quantitative estimate of drug-likeness (QED) is 0.711. The van der Waals surface area contributed by atoms with E-state index < -0.39 is 0 Å². The molecule has 3 atom stereocenters. The molecule has 1 N–H and O–H groups in total. The smallest absolute Gasteiger partial charge is 0.0506 e. The van der Waals surface area contributed by atoms with E-state index in [1.54, 1.807) is 0 Å². The predicted octanol–water partition coefficient (Wildman–Crippen LogP) is 0.726. The van der Waals surface area contributed by atoms with Crippen LogP contribution in [-0.2, 0) is 4.74 Å². The maximum absolute atomic E-state index is 9.10. The van der Waals surface area contributed by atoms with Gasteiger partial charge in [-0.05, 0) is 31.2 Å². The average molecular weight is 199 g/mol. The van der Waals surface area contributed by atoms with E-state index in [1.807, 2.05) is 0 Å². The summed E-state index contributed by atoms with van der Waals surface area (Å²) in [5.41, 5.74) is 0. The molecule has 0 aromatic carbocycles. The standard InChI is InChI=1S/C11H21NO2/c1-9-8-14-5-3-11(9)12-4-2-10(6-12)7-13/h9-11,13H,2-8H2,1H3. The summed E-state index contributed by atoms with van der Waals surface area (Å²) in [4.78, 5) is 2.55. The van der Waals surface area contributed by atoms with E-state index in [1.165, 1.54) is 19.4 Å². The molecule has 3 unspecified atom stereocenters. The van der Waals surface area contributed by atoms with Gasteiger partial charge in [0.2, 0.25) is 0 Å². The van der Waals surface area contributed by atoms with Gasteiger partial charge >= 0.3 is 0 Å². The third-order valence-corrected chi connectivity index (χ3v) is 3.64. The van der Waals surface area contributed by atoms with Crippen LogP contribution in [0.4, 0.5) is 0 Å². The van der Waals surface area contributed by atoms with E-state index in [0.29, 0.717) is 24.5 Å². The molecule has 2 aliphatic rings. The molecule has 3 heteroatoms. The number of hydrogen-bond acceptors (Lipinski definition) is 3. The zero-order valence-corrected chi connectivity index (χ0v) is 8.98. The van der Waals surface area contributed by atoms with E-state index in [9.17, 15) is 0 Å². The molecule has 3 nitrogen and oxygen atoms in total. The Balaban J connectivity index is 1.88. The monoisotopic (exact) mass is 199 g/mol. The van der Waals surface area contributed by atoms with Gasteiger partial charge in [0.15, 0.2) is 0 Å². The van der Waals surface area contributed by atoms with Gasteiger partial charge in [-0.2, -0.15) is 0 Å². The number of aliphatic hydroxyl groups is 1. The Morgan fingerprint density at radius 1 is 1.43 bits per heavy atom. The molecule has 2 fully saturated rings. The van der Waals surface area contributed by atoms with Crippen LogP contribution in [0.25, 0.3) is 0 Å². The third kappa shape index (κ3) is 2.10. The highest BCUT2D eigenvalue weighted by atomic mass is 16.5. The first kappa shape index (κ1) is 10.4. The lowest BCUT2D eigenvalue weighted by atomic mass is 9.96. The summed E-state index contributed by atoms with van der Waals surface area (Å²) in [5, 5.41) is 9.10. The maximum Gasteiger partial charge on any atom is 0.0506 e. The van der Waals surface area contributed by atoms with Crippen LogP contribution in [-0.4, -0.2) is 49.0 Å². The fraction of sp³-hybridized carbons (Fsp3) is 1.00. The number of rotatable bonds is 2. The fourth-order valence-electron chi connectivity index (χ4n) is 2.72. The Morgan fingerprint density at radius 3 is 2.93 bits per heavy atom. The van der Waals surface area contributed by atoms with Crippen molar-refractivity contribution in [2.24, 2.45) is 11.8 Å². The number of likely N-dealkylation sites (tertiary alicyclic amines) is 1. The average Bonchev–Trinajstić information content (AvgIpc) is 2.67. The Kier molecular flexibility index (Phi) is 3.42. The molecule has 0 amide bonds. The van der Waals surface area contributed by atoms with Crippen molar-refractivity contribution in [3.8, 4) is 0 Å². The second-order valence-corrected chi connectivity index (χ2v) is 4.74. The van der Waals surface area contributed by atoms with Gasteiger partial charge in [-0.15, -0.1) is 0 Å². The highest BCUT2D eigenvalue weighted by Gasteiger charge is 2.32. The van der Waals surface area contributed by atoms with Crippen LogP contribution in [0.2, 0.25) is 0 Å². The highest BCUT2D eigenvalue weighted by molar-refractivity contribution is 4.85. The minimum Gasteiger partial charge on any atom is -0.396 e. The molecular formula is C11H21NO2. The van der Waals surface area contributed by atoms with Gasteiger partial charge in [-0.25, -0.2) is 0 Å². The minimum absolute atomic E-state index is 0.355. The molecule has 0 saturated carbocycles. The van der Waals surface area contributed by atoms with Crippen LogP contribution >= 0.6 is 0 Å². The summed E-state index contributed by atoms with van der Waals surface area (Å²) >= 11 is 0. The lowest BCUT2D eigenvalue weighted by Crippen LogP contribution is -2.43. The van der Waals surface area contributed by atoms with E-state index in [-0.39, 0.29) is 0 Å². The second-order valence-electron chi connectivity index (χ2n) is 4.74. The largest absolute Gasteiger partial charge is 0.396 e. The predicted molar refractivity (Wildman–Crippen MR) is 55.2 cm³/mol. The molecule has 2 aliphatic heterocycles. The van der Waals surface area contributed by atoms with Crippen LogP contribution in [0.15, 0.2) is 0 Å². The Bertz CT molecular complexity index is 186. The van der Waals surface area contributed by atoms with Crippen molar-refractivity contribution in [3.63, 3.8) is 0 Å². The highest BCUT2D eigenvalue weighted by Crippen LogP contribution is 2.26. The lowest BCUT2D eigenvalue weighted by molar-refractivity contribution is -0.000243. The van der Waals surface area contributed by atoms with Crippen molar-refractivity contribution in [3.05, 3.63) is 0 Å².